The van der Waals surface area contributed by atoms with E-state index >= 15 is 0 Å². The molecule has 0 spiro atoms. The molecule has 0 saturated carbocycles. The van der Waals surface area contributed by atoms with E-state index in [0.29, 0.717) is 5.56 Å². The summed E-state index contributed by atoms with van der Waals surface area (Å²) in [4.78, 5) is 63.7. The topological polar surface area (TPSA) is 221 Å². The van der Waals surface area contributed by atoms with Gasteiger partial charge in [0.05, 0.1) is 13.2 Å². The van der Waals surface area contributed by atoms with E-state index in [1.165, 1.54) is 26.1 Å². The highest BCUT2D eigenvalue weighted by atomic mass is 32.2. The number of aliphatic carboxylic acids is 1. The summed E-state index contributed by atoms with van der Waals surface area (Å²) in [6, 6.07) is 11.5. The number of carbonyl (C=O) groups is 5. The third kappa shape index (κ3) is 17.6. The van der Waals surface area contributed by atoms with Crippen LogP contribution in [-0.4, -0.2) is 112 Å². The van der Waals surface area contributed by atoms with Gasteiger partial charge in [0.1, 0.15) is 29.5 Å². The summed E-state index contributed by atoms with van der Waals surface area (Å²) in [6.07, 6.45) is 2.25. The first-order valence-electron chi connectivity index (χ1n) is 15.7. The van der Waals surface area contributed by atoms with Crippen molar-refractivity contribution in [1.29, 1.82) is 0 Å². The molecule has 0 heterocycles. The summed E-state index contributed by atoms with van der Waals surface area (Å²) in [7, 11) is 1.34. The van der Waals surface area contributed by atoms with Gasteiger partial charge in [-0.2, -0.15) is 11.8 Å². The van der Waals surface area contributed by atoms with E-state index in [4.69, 9.17) is 15.6 Å². The number of phenols is 1. The number of carboxylic acids is 1. The van der Waals surface area contributed by atoms with E-state index in [1.54, 1.807) is 75.0 Å². The van der Waals surface area contributed by atoms with Crippen LogP contribution in [0.5, 0.6) is 5.75 Å². The van der Waals surface area contributed by atoms with Gasteiger partial charge in [-0.05, 0) is 69.4 Å². The second kappa shape index (κ2) is 21.6. The second-order valence-corrected chi connectivity index (χ2v) is 13.3. The van der Waals surface area contributed by atoms with Crippen molar-refractivity contribution in [2.75, 3.05) is 32.2 Å². The molecular weight excluding hydrogens is 654 g/mol. The smallest absolute Gasteiger partial charge is 0.408 e. The normalized spacial score (nSPS) is 13.3. The number of aliphatic hydroxyl groups excluding tert-OH is 1. The molecule has 0 aliphatic carbocycles. The maximum absolute atomic E-state index is 13.1. The van der Waals surface area contributed by atoms with Gasteiger partial charge in [-0.25, -0.2) is 9.59 Å². The second-order valence-electron chi connectivity index (χ2n) is 12.3. The molecule has 15 heteroatoms. The molecule has 2 aromatic carbocycles. The number of carbonyl (C=O) groups excluding carboxylic acids is 4. The van der Waals surface area contributed by atoms with E-state index in [1.807, 2.05) is 6.26 Å². The molecule has 0 fully saturated rings. The van der Waals surface area contributed by atoms with Gasteiger partial charge in [0.25, 0.3) is 0 Å². The van der Waals surface area contributed by atoms with E-state index in [9.17, 15) is 34.2 Å². The van der Waals surface area contributed by atoms with Crippen molar-refractivity contribution in [3.8, 4) is 5.75 Å². The molecule has 0 aromatic heterocycles. The number of amides is 4. The molecule has 0 unspecified atom stereocenters. The largest absolute Gasteiger partial charge is 0.508 e. The highest BCUT2D eigenvalue weighted by Gasteiger charge is 2.29. The average molecular weight is 706 g/mol. The minimum Gasteiger partial charge on any atom is -0.508 e. The lowest BCUT2D eigenvalue weighted by Gasteiger charge is -2.26. The highest BCUT2D eigenvalue weighted by Crippen LogP contribution is 2.13. The van der Waals surface area contributed by atoms with Crippen LogP contribution in [0.1, 0.15) is 45.2 Å². The standard InChI is InChI=1S/C29H38N4O8.C5H13NOS/c1-18(25(36)30-17-24(35)33(5)23(27(38)39)16-19-9-7-6-8-10-19)31-26(37)22(32-28(40)41-29(2,3)4)15-20-11-13-21(34)14-12-20;1-8-3-2-5(6)4-7/h6-14,18,22-23,34H,15-17H2,1-5H3,(H,30,36)(H,31,37)(H,32,40)(H,38,39);5,7H,2-4,6H2,1H3/t18-,22+,23+;5-/m10/s1. The lowest BCUT2D eigenvalue weighted by atomic mass is 10.0. The van der Waals surface area contributed by atoms with Gasteiger partial charge in [0.15, 0.2) is 0 Å². The maximum atomic E-state index is 13.1. The van der Waals surface area contributed by atoms with Crippen LogP contribution in [0.3, 0.4) is 0 Å². The summed E-state index contributed by atoms with van der Waals surface area (Å²) in [5.74, 6) is -2.10. The predicted octanol–water partition coefficient (Wildman–Crippen LogP) is 1.66. The molecule has 0 aliphatic heterocycles. The van der Waals surface area contributed by atoms with Crippen LogP contribution in [0.25, 0.3) is 0 Å². The average Bonchev–Trinajstić information content (AvgIpc) is 3.04. The van der Waals surface area contributed by atoms with E-state index in [2.05, 4.69) is 16.0 Å². The maximum Gasteiger partial charge on any atom is 0.408 e. The van der Waals surface area contributed by atoms with Gasteiger partial charge in [0.2, 0.25) is 17.7 Å². The van der Waals surface area contributed by atoms with Gasteiger partial charge in [-0.3, -0.25) is 14.4 Å². The van der Waals surface area contributed by atoms with Gasteiger partial charge in [0, 0.05) is 25.9 Å². The molecular formula is C34H51N5O9S. The quantitative estimate of drug-likeness (QED) is 0.133. The lowest BCUT2D eigenvalue weighted by Crippen LogP contribution is -2.55. The van der Waals surface area contributed by atoms with Crippen LogP contribution in [0.4, 0.5) is 4.79 Å². The number of thioether (sulfide) groups is 1. The summed E-state index contributed by atoms with van der Waals surface area (Å²) in [5, 5.41) is 35.0. The minimum absolute atomic E-state index is 0.0116. The molecule has 2 rings (SSSR count). The summed E-state index contributed by atoms with van der Waals surface area (Å²) in [6.45, 7) is 6.05. The number of carboxylic acid groups (broad SMARTS) is 1. The number of likely N-dealkylation sites (N-methyl/N-ethyl adjacent to an activating group) is 1. The zero-order valence-electron chi connectivity index (χ0n) is 29.0. The Morgan fingerprint density at radius 2 is 1.53 bits per heavy atom. The van der Waals surface area contributed by atoms with Crippen LogP contribution in [0, 0.1) is 0 Å². The number of nitrogens with two attached hydrogens (primary N) is 1. The van der Waals surface area contributed by atoms with Crippen LogP contribution in [-0.2, 0) is 36.8 Å². The monoisotopic (exact) mass is 705 g/mol. The molecule has 2 aromatic rings. The Balaban J connectivity index is 0.00000133. The number of aliphatic hydroxyl groups is 1. The zero-order chi connectivity index (χ0) is 37.1. The van der Waals surface area contributed by atoms with Crippen LogP contribution in [0.2, 0.25) is 0 Å². The molecule has 0 radical (unpaired) electrons. The van der Waals surface area contributed by atoms with Gasteiger partial charge < -0.3 is 46.6 Å². The van der Waals surface area contributed by atoms with Crippen LogP contribution in [0.15, 0.2) is 54.6 Å². The molecule has 4 amide bonds. The van der Waals surface area contributed by atoms with Crippen molar-refractivity contribution in [3.63, 3.8) is 0 Å². The summed E-state index contributed by atoms with van der Waals surface area (Å²) in [5.41, 5.74) is 5.96. The Bertz CT molecular complexity index is 1340. The van der Waals surface area contributed by atoms with Gasteiger partial charge in [-0.1, -0.05) is 42.5 Å². The molecule has 49 heavy (non-hydrogen) atoms. The molecule has 0 saturated heterocycles. The number of aromatic hydroxyl groups is 1. The first-order valence-corrected chi connectivity index (χ1v) is 17.1. The van der Waals surface area contributed by atoms with Crippen LogP contribution < -0.4 is 21.7 Å². The molecule has 0 aliphatic rings. The highest BCUT2D eigenvalue weighted by molar-refractivity contribution is 7.98. The minimum atomic E-state index is -1.19. The van der Waals surface area contributed by atoms with E-state index < -0.39 is 60.1 Å². The molecule has 4 atom stereocenters. The van der Waals surface area contributed by atoms with Crippen molar-refractivity contribution in [1.82, 2.24) is 20.9 Å². The first-order chi connectivity index (χ1) is 23.0. The fraction of sp³-hybridized carbons (Fsp3) is 0.500. The Morgan fingerprint density at radius 3 is 2.06 bits per heavy atom. The molecule has 272 valence electrons. The van der Waals surface area contributed by atoms with Crippen molar-refractivity contribution in [2.24, 2.45) is 5.73 Å². The summed E-state index contributed by atoms with van der Waals surface area (Å²) < 4.78 is 5.26. The lowest BCUT2D eigenvalue weighted by molar-refractivity contribution is -0.148. The first kappa shape index (κ1) is 42.7. The number of hydrogen-bond acceptors (Lipinski definition) is 10. The number of ether oxygens (including phenoxy) is 1. The van der Waals surface area contributed by atoms with Crippen molar-refractivity contribution in [2.45, 2.75) is 76.7 Å². The van der Waals surface area contributed by atoms with Gasteiger partial charge in [-0.15, -0.1) is 0 Å². The number of alkyl carbamates (subject to hydrolysis) is 1. The zero-order valence-corrected chi connectivity index (χ0v) is 29.8. The third-order valence-electron chi connectivity index (χ3n) is 6.89. The predicted molar refractivity (Wildman–Crippen MR) is 188 cm³/mol. The number of benzene rings is 2. The van der Waals surface area contributed by atoms with Crippen molar-refractivity contribution < 1.29 is 44.0 Å². The SMILES string of the molecule is CSCC[C@H](N)CO.C[C@@H](NC(=O)[C@H](Cc1ccc(O)cc1)NC(=O)OC(C)(C)C)C(=O)NCC(=O)N(C)[C@@H](Cc1ccccc1)C(=O)O. The molecule has 14 nitrogen and oxygen atoms in total. The number of rotatable bonds is 16. The van der Waals surface area contributed by atoms with Crippen LogP contribution >= 0.6 is 11.8 Å². The number of nitrogens with one attached hydrogen (secondary N) is 3. The Morgan fingerprint density at radius 1 is 0.939 bits per heavy atom. The van der Waals surface area contributed by atoms with Crippen molar-refractivity contribution in [3.05, 3.63) is 65.7 Å². The number of hydrogen-bond donors (Lipinski definition) is 7. The Kier molecular flexibility index (Phi) is 18.8. The van der Waals surface area contributed by atoms with Gasteiger partial charge >= 0.3 is 12.1 Å². The fourth-order valence-corrected chi connectivity index (χ4v) is 4.65. The number of nitrogens with zero attached hydrogens (tertiary/aromatic N) is 1. The molecule has 0 bridgehead atoms. The van der Waals surface area contributed by atoms with E-state index in [-0.39, 0.29) is 31.2 Å². The van der Waals surface area contributed by atoms with E-state index in [0.717, 1.165) is 22.6 Å². The Labute approximate surface area is 292 Å². The summed E-state index contributed by atoms with van der Waals surface area (Å²) >= 11 is 1.75. The fourth-order valence-electron chi connectivity index (χ4n) is 4.11. The number of phenolic OH excluding ortho intramolecular Hbond substituents is 1. The Hall–Kier alpha value is -4.34. The molecule has 8 N–H and O–H groups in total. The third-order valence-corrected chi connectivity index (χ3v) is 7.54. The van der Waals surface area contributed by atoms with Crippen molar-refractivity contribution >= 4 is 41.5 Å².